The number of esters is 1. The zero-order chi connectivity index (χ0) is 13.5. The van der Waals surface area contributed by atoms with E-state index in [4.69, 9.17) is 0 Å². The van der Waals surface area contributed by atoms with Crippen LogP contribution in [0.25, 0.3) is 0 Å². The third-order valence-electron chi connectivity index (χ3n) is 2.70. The molecule has 1 aromatic heterocycles. The van der Waals surface area contributed by atoms with Gasteiger partial charge in [-0.2, -0.15) is 0 Å². The molecule has 0 atom stereocenters. The van der Waals surface area contributed by atoms with Crippen molar-refractivity contribution < 1.29 is 9.53 Å². The third kappa shape index (κ3) is 4.29. The van der Waals surface area contributed by atoms with Gasteiger partial charge >= 0.3 is 5.97 Å². The molecule has 1 heterocycles. The molecule has 0 bridgehead atoms. The number of likely N-dealkylation sites (N-methyl/N-ethyl adjacent to an activating group) is 1. The zero-order valence-electron chi connectivity index (χ0n) is 11.3. The second kappa shape index (κ2) is 6.90. The van der Waals surface area contributed by atoms with Crippen molar-refractivity contribution in [2.45, 2.75) is 19.9 Å². The van der Waals surface area contributed by atoms with Crippen LogP contribution < -0.4 is 5.32 Å². The molecule has 100 valence electrons. The van der Waals surface area contributed by atoms with Crippen molar-refractivity contribution in [3.05, 3.63) is 18.1 Å². The van der Waals surface area contributed by atoms with E-state index in [1.165, 1.54) is 19.5 Å². The standard InChI is InChI=1S/C12H20N4O2/c1-9(2)16(3)6-5-13-11-8-14-10(7-15-11)12(17)18-4/h7-9H,5-6H2,1-4H3,(H,13,15). The molecule has 0 aliphatic heterocycles. The van der Waals surface area contributed by atoms with Gasteiger partial charge in [0.05, 0.1) is 19.5 Å². The van der Waals surface area contributed by atoms with Crippen molar-refractivity contribution in [1.29, 1.82) is 0 Å². The summed E-state index contributed by atoms with van der Waals surface area (Å²) in [6.07, 6.45) is 2.93. The molecule has 0 aliphatic rings. The molecule has 0 saturated heterocycles. The molecule has 0 spiro atoms. The Hall–Kier alpha value is -1.69. The van der Waals surface area contributed by atoms with E-state index in [-0.39, 0.29) is 5.69 Å². The number of carbonyl (C=O) groups is 1. The summed E-state index contributed by atoms with van der Waals surface area (Å²) in [4.78, 5) is 21.4. The highest BCUT2D eigenvalue weighted by molar-refractivity contribution is 5.86. The molecular weight excluding hydrogens is 232 g/mol. The summed E-state index contributed by atoms with van der Waals surface area (Å²) < 4.78 is 4.55. The van der Waals surface area contributed by atoms with Crippen molar-refractivity contribution in [3.8, 4) is 0 Å². The average Bonchev–Trinajstić information content (AvgIpc) is 2.38. The van der Waals surface area contributed by atoms with Crippen molar-refractivity contribution in [3.63, 3.8) is 0 Å². The summed E-state index contributed by atoms with van der Waals surface area (Å²) in [6.45, 7) is 5.98. The normalized spacial score (nSPS) is 10.8. The van der Waals surface area contributed by atoms with Gasteiger partial charge < -0.3 is 15.0 Å². The highest BCUT2D eigenvalue weighted by atomic mass is 16.5. The number of aromatic nitrogens is 2. The van der Waals surface area contributed by atoms with Gasteiger partial charge in [-0.3, -0.25) is 0 Å². The Labute approximate surface area is 107 Å². The molecule has 0 saturated carbocycles. The first-order valence-corrected chi connectivity index (χ1v) is 5.89. The molecule has 6 heteroatoms. The van der Waals surface area contributed by atoms with Gasteiger partial charge in [-0.15, -0.1) is 0 Å². The lowest BCUT2D eigenvalue weighted by Gasteiger charge is -2.20. The summed E-state index contributed by atoms with van der Waals surface area (Å²) in [5.41, 5.74) is 0.211. The highest BCUT2D eigenvalue weighted by Gasteiger charge is 2.07. The van der Waals surface area contributed by atoms with Crippen LogP contribution in [0.1, 0.15) is 24.3 Å². The SMILES string of the molecule is COC(=O)c1cnc(NCCN(C)C(C)C)cn1. The minimum Gasteiger partial charge on any atom is -0.464 e. The Bertz CT molecular complexity index is 378. The second-order valence-corrected chi connectivity index (χ2v) is 4.28. The largest absolute Gasteiger partial charge is 0.464 e. The fourth-order valence-electron chi connectivity index (χ4n) is 1.25. The molecular formula is C12H20N4O2. The van der Waals surface area contributed by atoms with Crippen LogP contribution in [0.4, 0.5) is 5.82 Å². The molecule has 0 aliphatic carbocycles. The highest BCUT2D eigenvalue weighted by Crippen LogP contribution is 2.02. The van der Waals surface area contributed by atoms with Crippen LogP contribution in [-0.2, 0) is 4.74 Å². The molecule has 1 rings (SSSR count). The minimum absolute atomic E-state index is 0.211. The van der Waals surface area contributed by atoms with Gasteiger partial charge in [0, 0.05) is 19.1 Å². The van der Waals surface area contributed by atoms with E-state index >= 15 is 0 Å². The topological polar surface area (TPSA) is 67.3 Å². The zero-order valence-corrected chi connectivity index (χ0v) is 11.3. The number of carbonyl (C=O) groups excluding carboxylic acids is 1. The lowest BCUT2D eigenvalue weighted by atomic mass is 10.3. The number of hydrogen-bond donors (Lipinski definition) is 1. The summed E-state index contributed by atoms with van der Waals surface area (Å²) >= 11 is 0. The monoisotopic (exact) mass is 252 g/mol. The maximum absolute atomic E-state index is 11.2. The van der Waals surface area contributed by atoms with Gasteiger partial charge in [0.15, 0.2) is 5.69 Å². The molecule has 0 fully saturated rings. The molecule has 6 nitrogen and oxygen atoms in total. The van der Waals surface area contributed by atoms with Crippen molar-refractivity contribution in [2.75, 3.05) is 32.6 Å². The van der Waals surface area contributed by atoms with Crippen LogP contribution in [0.2, 0.25) is 0 Å². The number of ether oxygens (including phenoxy) is 1. The Kier molecular flexibility index (Phi) is 5.51. The number of nitrogens with one attached hydrogen (secondary N) is 1. The number of anilines is 1. The summed E-state index contributed by atoms with van der Waals surface area (Å²) in [6, 6.07) is 0.514. The Morgan fingerprint density at radius 3 is 2.67 bits per heavy atom. The van der Waals surface area contributed by atoms with Crippen molar-refractivity contribution in [1.82, 2.24) is 14.9 Å². The first-order valence-electron chi connectivity index (χ1n) is 5.89. The molecule has 0 amide bonds. The van der Waals surface area contributed by atoms with E-state index in [0.717, 1.165) is 13.1 Å². The van der Waals surface area contributed by atoms with Crippen LogP contribution in [0.5, 0.6) is 0 Å². The van der Waals surface area contributed by atoms with Crippen LogP contribution >= 0.6 is 0 Å². The Morgan fingerprint density at radius 2 is 2.17 bits per heavy atom. The number of nitrogens with zero attached hydrogens (tertiary/aromatic N) is 3. The maximum Gasteiger partial charge on any atom is 0.358 e. The van der Waals surface area contributed by atoms with Crippen molar-refractivity contribution >= 4 is 11.8 Å². The fraction of sp³-hybridized carbons (Fsp3) is 0.583. The minimum atomic E-state index is -0.478. The molecule has 1 aromatic rings. The van der Waals surface area contributed by atoms with E-state index in [2.05, 4.69) is 45.8 Å². The summed E-state index contributed by atoms with van der Waals surface area (Å²) in [7, 11) is 3.39. The fourth-order valence-corrected chi connectivity index (χ4v) is 1.25. The van der Waals surface area contributed by atoms with E-state index in [9.17, 15) is 4.79 Å². The van der Waals surface area contributed by atoms with E-state index in [1.54, 1.807) is 0 Å². The summed E-state index contributed by atoms with van der Waals surface area (Å²) in [5.74, 6) is 0.174. The van der Waals surface area contributed by atoms with Gasteiger partial charge in [-0.1, -0.05) is 0 Å². The van der Waals surface area contributed by atoms with E-state index in [1.807, 2.05) is 0 Å². The molecule has 18 heavy (non-hydrogen) atoms. The van der Waals surface area contributed by atoms with Crippen LogP contribution in [0.15, 0.2) is 12.4 Å². The predicted molar refractivity (Wildman–Crippen MR) is 69.6 cm³/mol. The lowest BCUT2D eigenvalue weighted by Crippen LogP contribution is -2.31. The van der Waals surface area contributed by atoms with Crippen LogP contribution in [0.3, 0.4) is 0 Å². The number of methoxy groups -OCH3 is 1. The van der Waals surface area contributed by atoms with Gasteiger partial charge in [0.2, 0.25) is 0 Å². The molecule has 0 radical (unpaired) electrons. The van der Waals surface area contributed by atoms with E-state index < -0.39 is 5.97 Å². The number of hydrogen-bond acceptors (Lipinski definition) is 6. The number of rotatable bonds is 6. The predicted octanol–water partition coefficient (Wildman–Crippen LogP) is 1.02. The van der Waals surface area contributed by atoms with Gasteiger partial charge in [-0.05, 0) is 20.9 Å². The molecule has 0 unspecified atom stereocenters. The first-order chi connectivity index (χ1) is 8.54. The van der Waals surface area contributed by atoms with Gasteiger partial charge in [0.1, 0.15) is 5.82 Å². The van der Waals surface area contributed by atoms with E-state index in [0.29, 0.717) is 11.9 Å². The van der Waals surface area contributed by atoms with Gasteiger partial charge in [-0.25, -0.2) is 14.8 Å². The molecule has 0 aromatic carbocycles. The molecule has 1 N–H and O–H groups in total. The lowest BCUT2D eigenvalue weighted by molar-refractivity contribution is 0.0593. The Balaban J connectivity index is 2.42. The Morgan fingerprint density at radius 1 is 1.44 bits per heavy atom. The average molecular weight is 252 g/mol. The summed E-state index contributed by atoms with van der Waals surface area (Å²) in [5, 5.41) is 3.15. The van der Waals surface area contributed by atoms with Crippen LogP contribution in [-0.4, -0.2) is 54.1 Å². The second-order valence-electron chi connectivity index (χ2n) is 4.28. The van der Waals surface area contributed by atoms with Crippen molar-refractivity contribution in [2.24, 2.45) is 0 Å². The van der Waals surface area contributed by atoms with Gasteiger partial charge in [0.25, 0.3) is 0 Å². The third-order valence-corrected chi connectivity index (χ3v) is 2.70. The van der Waals surface area contributed by atoms with Crippen LogP contribution in [0, 0.1) is 0 Å². The first kappa shape index (κ1) is 14.4. The smallest absolute Gasteiger partial charge is 0.358 e. The quantitative estimate of drug-likeness (QED) is 0.762. The maximum atomic E-state index is 11.2.